The second-order valence-corrected chi connectivity index (χ2v) is 2.69. The van der Waals surface area contributed by atoms with Crippen molar-refractivity contribution >= 4 is 11.6 Å². The Morgan fingerprint density at radius 3 is 2.70 bits per heavy atom. The first-order chi connectivity index (χ1) is 4.74. The van der Waals surface area contributed by atoms with E-state index >= 15 is 0 Å². The number of hydrogen-bond donors (Lipinski definition) is 1. The molecule has 54 valence electrons. The summed E-state index contributed by atoms with van der Waals surface area (Å²) in [6.45, 7) is 2.56. The van der Waals surface area contributed by atoms with Crippen LogP contribution in [0.15, 0.2) is 18.2 Å². The molecule has 2 heteroatoms. The van der Waals surface area contributed by atoms with E-state index < -0.39 is 0 Å². The molecule has 10 heavy (non-hydrogen) atoms. The van der Waals surface area contributed by atoms with Gasteiger partial charge >= 0.3 is 0 Å². The molecule has 1 rings (SSSR count). The van der Waals surface area contributed by atoms with Gasteiger partial charge in [0.05, 0.1) is 0 Å². The minimum Gasteiger partial charge on any atom is -0.326 e. The van der Waals surface area contributed by atoms with Gasteiger partial charge in [0.25, 0.3) is 0 Å². The molecule has 1 aromatic carbocycles. The highest BCUT2D eigenvalue weighted by molar-refractivity contribution is 6.31. The second kappa shape index (κ2) is 3.04. The van der Waals surface area contributed by atoms with Crippen LogP contribution in [0, 0.1) is 6.92 Å². The Kier molecular flexibility index (Phi) is 2.30. The minimum absolute atomic E-state index is 0.581. The lowest BCUT2D eigenvalue weighted by molar-refractivity contribution is 1.07. The summed E-state index contributed by atoms with van der Waals surface area (Å²) in [5.74, 6) is 0. The largest absolute Gasteiger partial charge is 0.326 e. The monoisotopic (exact) mass is 155 g/mol. The van der Waals surface area contributed by atoms with Crippen molar-refractivity contribution in [2.75, 3.05) is 0 Å². The van der Waals surface area contributed by atoms with Gasteiger partial charge < -0.3 is 5.73 Å². The zero-order valence-corrected chi connectivity index (χ0v) is 6.65. The molecule has 0 atom stereocenters. The van der Waals surface area contributed by atoms with Crippen molar-refractivity contribution in [1.82, 2.24) is 0 Å². The van der Waals surface area contributed by atoms with Crippen LogP contribution < -0.4 is 5.73 Å². The molecule has 0 aliphatic rings. The molecule has 0 unspecified atom stereocenters. The van der Waals surface area contributed by atoms with Crippen molar-refractivity contribution in [3.05, 3.63) is 34.3 Å². The summed E-state index contributed by atoms with van der Waals surface area (Å²) >= 11 is 5.80. The van der Waals surface area contributed by atoms with Crippen LogP contribution in [0.4, 0.5) is 0 Å². The number of halogens is 1. The molecule has 0 fully saturated rings. The van der Waals surface area contributed by atoms with Crippen molar-refractivity contribution in [3.63, 3.8) is 0 Å². The van der Waals surface area contributed by atoms with E-state index in [9.17, 15) is 0 Å². The van der Waals surface area contributed by atoms with Crippen LogP contribution in [0.2, 0.25) is 5.02 Å². The molecular formula is C8H10ClN. The van der Waals surface area contributed by atoms with Gasteiger partial charge in [0.15, 0.2) is 0 Å². The van der Waals surface area contributed by atoms with E-state index in [2.05, 4.69) is 0 Å². The van der Waals surface area contributed by atoms with Crippen molar-refractivity contribution in [1.29, 1.82) is 0 Å². The predicted octanol–water partition coefficient (Wildman–Crippen LogP) is 2.11. The lowest BCUT2D eigenvalue weighted by Crippen LogP contribution is -1.95. The SMILES string of the molecule is Cc1cc(CN)ccc1Cl. The average Bonchev–Trinajstić information content (AvgIpc) is 1.95. The van der Waals surface area contributed by atoms with E-state index in [0.29, 0.717) is 6.54 Å². The number of nitrogens with two attached hydrogens (primary N) is 1. The Hall–Kier alpha value is -0.530. The zero-order chi connectivity index (χ0) is 7.56. The summed E-state index contributed by atoms with van der Waals surface area (Å²) in [5.41, 5.74) is 7.64. The summed E-state index contributed by atoms with van der Waals surface area (Å²) in [6, 6.07) is 5.82. The summed E-state index contributed by atoms with van der Waals surface area (Å²) in [4.78, 5) is 0. The number of benzene rings is 1. The van der Waals surface area contributed by atoms with Gasteiger partial charge in [-0.2, -0.15) is 0 Å². The lowest BCUT2D eigenvalue weighted by Gasteiger charge is -1.99. The molecule has 0 amide bonds. The van der Waals surface area contributed by atoms with E-state index in [1.54, 1.807) is 0 Å². The molecule has 0 heterocycles. The van der Waals surface area contributed by atoms with Crippen LogP contribution in [0.3, 0.4) is 0 Å². The molecule has 1 aromatic rings. The summed E-state index contributed by atoms with van der Waals surface area (Å²) in [7, 11) is 0. The fraction of sp³-hybridized carbons (Fsp3) is 0.250. The van der Waals surface area contributed by atoms with Crippen molar-refractivity contribution < 1.29 is 0 Å². The highest BCUT2D eigenvalue weighted by Crippen LogP contribution is 2.15. The topological polar surface area (TPSA) is 26.0 Å². The smallest absolute Gasteiger partial charge is 0.0435 e. The summed E-state index contributed by atoms with van der Waals surface area (Å²) < 4.78 is 0. The number of hydrogen-bond acceptors (Lipinski definition) is 1. The molecule has 0 bridgehead atoms. The molecule has 0 aliphatic carbocycles. The van der Waals surface area contributed by atoms with Crippen LogP contribution in [-0.2, 0) is 6.54 Å². The van der Waals surface area contributed by atoms with Crippen molar-refractivity contribution in [3.8, 4) is 0 Å². The van der Waals surface area contributed by atoms with E-state index in [4.69, 9.17) is 17.3 Å². The van der Waals surface area contributed by atoms with Crippen LogP contribution in [0.5, 0.6) is 0 Å². The predicted molar refractivity (Wildman–Crippen MR) is 44.1 cm³/mol. The van der Waals surface area contributed by atoms with Gasteiger partial charge in [-0.25, -0.2) is 0 Å². The fourth-order valence-corrected chi connectivity index (χ4v) is 0.951. The Labute approximate surface area is 65.8 Å². The third kappa shape index (κ3) is 1.49. The lowest BCUT2D eigenvalue weighted by atomic mass is 10.1. The van der Waals surface area contributed by atoms with Gasteiger partial charge in [-0.3, -0.25) is 0 Å². The van der Waals surface area contributed by atoms with Crippen LogP contribution in [0.1, 0.15) is 11.1 Å². The summed E-state index contributed by atoms with van der Waals surface area (Å²) in [6.07, 6.45) is 0. The fourth-order valence-electron chi connectivity index (χ4n) is 0.834. The van der Waals surface area contributed by atoms with Crippen molar-refractivity contribution in [2.45, 2.75) is 13.5 Å². The average molecular weight is 156 g/mol. The molecule has 0 spiro atoms. The Morgan fingerprint density at radius 2 is 2.20 bits per heavy atom. The van der Waals surface area contributed by atoms with E-state index in [1.165, 1.54) is 0 Å². The van der Waals surface area contributed by atoms with E-state index in [1.807, 2.05) is 25.1 Å². The van der Waals surface area contributed by atoms with Crippen molar-refractivity contribution in [2.24, 2.45) is 5.73 Å². The molecule has 2 N–H and O–H groups in total. The molecule has 1 nitrogen and oxygen atoms in total. The number of aryl methyl sites for hydroxylation is 1. The van der Waals surface area contributed by atoms with Crippen LogP contribution >= 0.6 is 11.6 Å². The third-order valence-electron chi connectivity index (χ3n) is 1.46. The van der Waals surface area contributed by atoms with Gasteiger partial charge in [0.2, 0.25) is 0 Å². The zero-order valence-electron chi connectivity index (χ0n) is 5.89. The third-order valence-corrected chi connectivity index (χ3v) is 1.88. The minimum atomic E-state index is 0.581. The molecule has 0 saturated heterocycles. The maximum atomic E-state index is 5.80. The first kappa shape index (κ1) is 7.58. The Morgan fingerprint density at radius 1 is 1.50 bits per heavy atom. The quantitative estimate of drug-likeness (QED) is 0.661. The van der Waals surface area contributed by atoms with Gasteiger partial charge in [0, 0.05) is 11.6 Å². The van der Waals surface area contributed by atoms with Gasteiger partial charge in [-0.15, -0.1) is 0 Å². The van der Waals surface area contributed by atoms with E-state index in [-0.39, 0.29) is 0 Å². The first-order valence-corrected chi connectivity index (χ1v) is 3.57. The van der Waals surface area contributed by atoms with Crippen LogP contribution in [0.25, 0.3) is 0 Å². The molecule has 0 saturated carbocycles. The highest BCUT2D eigenvalue weighted by atomic mass is 35.5. The molecule has 0 radical (unpaired) electrons. The summed E-state index contributed by atoms with van der Waals surface area (Å²) in [5, 5.41) is 0.803. The highest BCUT2D eigenvalue weighted by Gasteiger charge is 1.94. The molecular weight excluding hydrogens is 146 g/mol. The standard InChI is InChI=1S/C8H10ClN/c1-6-4-7(5-10)2-3-8(6)9/h2-4H,5,10H2,1H3. The maximum Gasteiger partial charge on any atom is 0.0435 e. The Balaban J connectivity index is 3.04. The molecule has 0 aromatic heterocycles. The van der Waals surface area contributed by atoms with Crippen LogP contribution in [-0.4, -0.2) is 0 Å². The number of rotatable bonds is 1. The maximum absolute atomic E-state index is 5.80. The van der Waals surface area contributed by atoms with Gasteiger partial charge in [0.1, 0.15) is 0 Å². The van der Waals surface area contributed by atoms with Gasteiger partial charge in [-0.1, -0.05) is 23.7 Å². The van der Waals surface area contributed by atoms with Gasteiger partial charge in [-0.05, 0) is 24.1 Å². The first-order valence-electron chi connectivity index (χ1n) is 3.19. The van der Waals surface area contributed by atoms with E-state index in [0.717, 1.165) is 16.1 Å². The normalized spacial score (nSPS) is 9.90. The second-order valence-electron chi connectivity index (χ2n) is 2.29. The Bertz CT molecular complexity index is 233. The molecule has 0 aliphatic heterocycles.